The number of hydrogen-bond donors (Lipinski definition) is 2. The molecule has 0 fully saturated rings. The summed E-state index contributed by atoms with van der Waals surface area (Å²) in [5.41, 5.74) is 0.758. The van der Waals surface area contributed by atoms with Gasteiger partial charge < -0.3 is 29.6 Å². The molecule has 26 heavy (non-hydrogen) atoms. The van der Waals surface area contributed by atoms with Crippen LogP contribution >= 0.6 is 0 Å². The molecular formula is C18H28N2O6. The Morgan fingerprint density at radius 3 is 2.00 bits per heavy atom. The second-order valence-corrected chi connectivity index (χ2v) is 6.07. The first-order valence-electron chi connectivity index (χ1n) is 8.27. The van der Waals surface area contributed by atoms with Gasteiger partial charge in [-0.25, -0.2) is 9.59 Å². The van der Waals surface area contributed by atoms with Gasteiger partial charge in [0.1, 0.15) is 6.04 Å². The molecule has 0 aromatic heterocycles. The number of carbonyl (C=O) groups excluding carboxylic acids is 2. The van der Waals surface area contributed by atoms with Crippen LogP contribution in [0.2, 0.25) is 0 Å². The lowest BCUT2D eigenvalue weighted by Crippen LogP contribution is -2.46. The quantitative estimate of drug-likeness (QED) is 0.648. The van der Waals surface area contributed by atoms with E-state index in [1.54, 1.807) is 12.1 Å². The van der Waals surface area contributed by atoms with Gasteiger partial charge in [-0.3, -0.25) is 0 Å². The molecule has 8 heteroatoms. The number of carbonyl (C=O) groups is 2. The minimum atomic E-state index is -0.695. The van der Waals surface area contributed by atoms with Gasteiger partial charge in [0.2, 0.25) is 5.75 Å². The average Bonchev–Trinajstić information content (AvgIpc) is 2.63. The smallest absolute Gasteiger partial charge is 0.328 e. The molecule has 0 spiro atoms. The van der Waals surface area contributed by atoms with Crippen molar-refractivity contribution < 1.29 is 28.5 Å². The Balaban J connectivity index is 2.78. The van der Waals surface area contributed by atoms with E-state index in [9.17, 15) is 9.59 Å². The highest BCUT2D eigenvalue weighted by Gasteiger charge is 2.22. The number of esters is 1. The zero-order chi connectivity index (χ0) is 19.7. The van der Waals surface area contributed by atoms with Gasteiger partial charge in [-0.2, -0.15) is 0 Å². The SMILES string of the molecule is COC(=O)[C@H](CC(C)C)NC(=O)NCc1cc(OC)c(OC)c(OC)c1. The van der Waals surface area contributed by atoms with Crippen molar-refractivity contribution in [3.05, 3.63) is 17.7 Å². The van der Waals surface area contributed by atoms with Gasteiger partial charge in [-0.15, -0.1) is 0 Å². The molecule has 0 aliphatic carbocycles. The maximum absolute atomic E-state index is 12.1. The first-order valence-corrected chi connectivity index (χ1v) is 8.27. The van der Waals surface area contributed by atoms with Gasteiger partial charge in [0.25, 0.3) is 0 Å². The van der Waals surface area contributed by atoms with Gasteiger partial charge in [-0.05, 0) is 30.0 Å². The fourth-order valence-electron chi connectivity index (χ4n) is 2.46. The second kappa shape index (κ2) is 10.4. The molecule has 1 atom stereocenters. The Kier molecular flexibility index (Phi) is 8.54. The van der Waals surface area contributed by atoms with E-state index in [0.29, 0.717) is 23.7 Å². The van der Waals surface area contributed by atoms with E-state index < -0.39 is 18.0 Å². The second-order valence-electron chi connectivity index (χ2n) is 6.07. The summed E-state index contributed by atoms with van der Waals surface area (Å²) in [5.74, 6) is 1.23. The van der Waals surface area contributed by atoms with E-state index in [1.807, 2.05) is 13.8 Å². The number of amides is 2. The molecule has 1 aromatic rings. The Morgan fingerprint density at radius 1 is 1.00 bits per heavy atom. The summed E-state index contributed by atoms with van der Waals surface area (Å²) in [6.07, 6.45) is 0.490. The highest BCUT2D eigenvalue weighted by molar-refractivity contribution is 5.83. The molecule has 146 valence electrons. The maximum atomic E-state index is 12.1. The first-order chi connectivity index (χ1) is 12.4. The van der Waals surface area contributed by atoms with Crippen LogP contribution in [0.1, 0.15) is 25.8 Å². The molecule has 0 saturated heterocycles. The van der Waals surface area contributed by atoms with E-state index in [4.69, 9.17) is 18.9 Å². The molecular weight excluding hydrogens is 340 g/mol. The van der Waals surface area contributed by atoms with Gasteiger partial charge in [0, 0.05) is 6.54 Å². The van der Waals surface area contributed by atoms with Crippen molar-refractivity contribution in [2.24, 2.45) is 5.92 Å². The molecule has 0 radical (unpaired) electrons. The predicted molar refractivity (Wildman–Crippen MR) is 96.7 cm³/mol. The lowest BCUT2D eigenvalue weighted by molar-refractivity contribution is -0.143. The number of ether oxygens (including phenoxy) is 4. The van der Waals surface area contributed by atoms with E-state index in [1.165, 1.54) is 28.4 Å². The molecule has 8 nitrogen and oxygen atoms in total. The van der Waals surface area contributed by atoms with Gasteiger partial charge in [-0.1, -0.05) is 13.8 Å². The van der Waals surface area contributed by atoms with Crippen LogP contribution in [0.15, 0.2) is 12.1 Å². The largest absolute Gasteiger partial charge is 0.493 e. The highest BCUT2D eigenvalue weighted by Crippen LogP contribution is 2.38. The summed E-state index contributed by atoms with van der Waals surface area (Å²) >= 11 is 0. The number of urea groups is 1. The topological polar surface area (TPSA) is 95.1 Å². The molecule has 2 N–H and O–H groups in total. The number of rotatable bonds is 9. The van der Waals surface area contributed by atoms with Crippen molar-refractivity contribution in [3.63, 3.8) is 0 Å². The fourth-order valence-corrected chi connectivity index (χ4v) is 2.46. The number of hydrogen-bond acceptors (Lipinski definition) is 6. The third-order valence-electron chi connectivity index (χ3n) is 3.68. The van der Waals surface area contributed by atoms with Crippen LogP contribution in [0, 0.1) is 5.92 Å². The van der Waals surface area contributed by atoms with Crippen molar-refractivity contribution >= 4 is 12.0 Å². The van der Waals surface area contributed by atoms with Gasteiger partial charge >= 0.3 is 12.0 Å². The van der Waals surface area contributed by atoms with Crippen LogP contribution in [-0.2, 0) is 16.1 Å². The number of benzene rings is 1. The van der Waals surface area contributed by atoms with E-state index >= 15 is 0 Å². The Hall–Kier alpha value is -2.64. The summed E-state index contributed by atoms with van der Waals surface area (Å²) in [6.45, 7) is 4.15. The van der Waals surface area contributed by atoms with Crippen LogP contribution in [0.5, 0.6) is 17.2 Å². The summed E-state index contributed by atoms with van der Waals surface area (Å²) in [6, 6.07) is 2.33. The minimum Gasteiger partial charge on any atom is -0.493 e. The predicted octanol–water partition coefficient (Wildman–Crippen LogP) is 2.10. The summed E-state index contributed by atoms with van der Waals surface area (Å²) in [5, 5.41) is 5.35. The summed E-state index contributed by atoms with van der Waals surface area (Å²) in [4.78, 5) is 23.9. The van der Waals surface area contributed by atoms with Gasteiger partial charge in [0.05, 0.1) is 28.4 Å². The summed E-state index contributed by atoms with van der Waals surface area (Å²) in [7, 11) is 5.86. The first kappa shape index (κ1) is 21.4. The maximum Gasteiger partial charge on any atom is 0.328 e. The van der Waals surface area contributed by atoms with Crippen LogP contribution in [0.3, 0.4) is 0 Å². The monoisotopic (exact) mass is 368 g/mol. The average molecular weight is 368 g/mol. The van der Waals surface area contributed by atoms with Crippen LogP contribution < -0.4 is 24.8 Å². The van der Waals surface area contributed by atoms with Crippen LogP contribution in [0.25, 0.3) is 0 Å². The summed E-state index contributed by atoms with van der Waals surface area (Å²) < 4.78 is 20.6. The third-order valence-corrected chi connectivity index (χ3v) is 3.68. The number of methoxy groups -OCH3 is 4. The molecule has 0 unspecified atom stereocenters. The Morgan fingerprint density at radius 2 is 1.58 bits per heavy atom. The van der Waals surface area contributed by atoms with E-state index in [0.717, 1.165) is 5.56 Å². The molecule has 0 saturated carbocycles. The van der Waals surface area contributed by atoms with Crippen molar-refractivity contribution in [2.45, 2.75) is 32.9 Å². The zero-order valence-electron chi connectivity index (χ0n) is 16.2. The molecule has 1 rings (SSSR count). The Labute approximate surface area is 154 Å². The molecule has 0 aliphatic heterocycles. The lowest BCUT2D eigenvalue weighted by atomic mass is 10.0. The minimum absolute atomic E-state index is 0.220. The van der Waals surface area contributed by atoms with Crippen molar-refractivity contribution in [1.82, 2.24) is 10.6 Å². The van der Waals surface area contributed by atoms with Crippen LogP contribution in [0.4, 0.5) is 4.79 Å². The Bertz CT molecular complexity index is 593. The lowest BCUT2D eigenvalue weighted by Gasteiger charge is -2.19. The molecule has 1 aromatic carbocycles. The van der Waals surface area contributed by atoms with Crippen molar-refractivity contribution in [2.75, 3.05) is 28.4 Å². The zero-order valence-corrected chi connectivity index (χ0v) is 16.2. The standard InChI is InChI=1S/C18H28N2O6/c1-11(2)7-13(17(21)26-6)20-18(22)19-10-12-8-14(23-3)16(25-5)15(9-12)24-4/h8-9,11,13H,7,10H2,1-6H3,(H2,19,20,22)/t13-/m0/s1. The van der Waals surface area contributed by atoms with Crippen LogP contribution in [-0.4, -0.2) is 46.5 Å². The van der Waals surface area contributed by atoms with Crippen molar-refractivity contribution in [3.8, 4) is 17.2 Å². The van der Waals surface area contributed by atoms with Gasteiger partial charge in [0.15, 0.2) is 11.5 Å². The normalized spacial score (nSPS) is 11.5. The van der Waals surface area contributed by atoms with Crippen molar-refractivity contribution in [1.29, 1.82) is 0 Å². The number of nitrogens with one attached hydrogen (secondary N) is 2. The molecule has 0 bridgehead atoms. The molecule has 0 heterocycles. The third kappa shape index (κ3) is 6.02. The fraction of sp³-hybridized carbons (Fsp3) is 0.556. The molecule has 0 aliphatic rings. The molecule has 2 amide bonds. The highest BCUT2D eigenvalue weighted by atomic mass is 16.5. The van der Waals surface area contributed by atoms with E-state index in [2.05, 4.69) is 10.6 Å². The van der Waals surface area contributed by atoms with E-state index in [-0.39, 0.29) is 12.5 Å².